The third-order valence-corrected chi connectivity index (χ3v) is 1.55. The molecule has 0 aromatic rings. The quantitative estimate of drug-likeness (QED) is 0.620. The van der Waals surface area contributed by atoms with Crippen molar-refractivity contribution in [2.24, 2.45) is 5.92 Å². The van der Waals surface area contributed by atoms with E-state index in [0.717, 1.165) is 19.6 Å². The van der Waals surface area contributed by atoms with Crippen LogP contribution in [-0.2, 0) is 0 Å². The zero-order valence-corrected chi connectivity index (χ0v) is 7.59. The zero-order valence-electron chi connectivity index (χ0n) is 7.59. The first-order valence-corrected chi connectivity index (χ1v) is 3.93. The zero-order chi connectivity index (χ0) is 8.69. The third-order valence-electron chi connectivity index (χ3n) is 1.55. The number of nitrogens with one attached hydrogen (secondary N) is 1. The Labute approximate surface area is 69.0 Å². The van der Waals surface area contributed by atoms with Crippen LogP contribution in [0.5, 0.6) is 0 Å². The highest BCUT2D eigenvalue weighted by molar-refractivity contribution is 4.80. The molecule has 1 N–H and O–H groups in total. The molecular formula is C8H17N3. The van der Waals surface area contributed by atoms with E-state index in [1.807, 2.05) is 21.0 Å². The van der Waals surface area contributed by atoms with Gasteiger partial charge in [0, 0.05) is 19.6 Å². The summed E-state index contributed by atoms with van der Waals surface area (Å²) in [6.07, 6.45) is 0. The Morgan fingerprint density at radius 2 is 2.27 bits per heavy atom. The Hall–Kier alpha value is -0.590. The Balaban J connectivity index is 3.37. The van der Waals surface area contributed by atoms with Crippen LogP contribution in [-0.4, -0.2) is 38.6 Å². The van der Waals surface area contributed by atoms with Crippen LogP contribution in [0.3, 0.4) is 0 Å². The van der Waals surface area contributed by atoms with Gasteiger partial charge in [-0.25, -0.2) is 0 Å². The summed E-state index contributed by atoms with van der Waals surface area (Å²) in [5.41, 5.74) is 0. The number of nitrogens with zero attached hydrogens (tertiary/aromatic N) is 2. The summed E-state index contributed by atoms with van der Waals surface area (Å²) >= 11 is 0. The number of likely N-dealkylation sites (N-methyl/N-ethyl adjacent to an activating group) is 2. The second-order valence-electron chi connectivity index (χ2n) is 2.90. The fourth-order valence-electron chi connectivity index (χ4n) is 0.902. The summed E-state index contributed by atoms with van der Waals surface area (Å²) in [6, 6.07) is 2.21. The molecule has 64 valence electrons. The van der Waals surface area contributed by atoms with Gasteiger partial charge in [-0.1, -0.05) is 0 Å². The van der Waals surface area contributed by atoms with Crippen LogP contribution in [0, 0.1) is 17.2 Å². The molecule has 0 aromatic heterocycles. The molecule has 0 aromatic carbocycles. The van der Waals surface area contributed by atoms with Crippen LogP contribution < -0.4 is 5.32 Å². The van der Waals surface area contributed by atoms with Gasteiger partial charge in [-0.15, -0.1) is 0 Å². The van der Waals surface area contributed by atoms with Gasteiger partial charge in [0.15, 0.2) is 0 Å². The van der Waals surface area contributed by atoms with E-state index in [1.54, 1.807) is 0 Å². The van der Waals surface area contributed by atoms with Crippen LogP contribution in [0.2, 0.25) is 0 Å². The van der Waals surface area contributed by atoms with Crippen molar-refractivity contribution in [1.29, 1.82) is 5.26 Å². The summed E-state index contributed by atoms with van der Waals surface area (Å²) in [5, 5.41) is 11.6. The minimum Gasteiger partial charge on any atom is -0.318 e. The molecule has 0 heterocycles. The summed E-state index contributed by atoms with van der Waals surface area (Å²) in [5.74, 6) is 0.136. The smallest absolute Gasteiger partial charge is 0.0666 e. The predicted octanol–water partition coefficient (Wildman–Crippen LogP) is 0.297. The minimum absolute atomic E-state index is 0.136. The predicted molar refractivity (Wildman–Crippen MR) is 46.2 cm³/mol. The molecular weight excluding hydrogens is 138 g/mol. The first-order chi connectivity index (χ1) is 5.20. The van der Waals surface area contributed by atoms with Gasteiger partial charge in [0.05, 0.1) is 12.0 Å². The van der Waals surface area contributed by atoms with Gasteiger partial charge in [0.1, 0.15) is 0 Å². The molecule has 0 saturated heterocycles. The maximum Gasteiger partial charge on any atom is 0.0666 e. The van der Waals surface area contributed by atoms with Crippen molar-refractivity contribution < 1.29 is 0 Å². The van der Waals surface area contributed by atoms with Crippen molar-refractivity contribution >= 4 is 0 Å². The summed E-state index contributed by atoms with van der Waals surface area (Å²) in [4.78, 5) is 2.16. The topological polar surface area (TPSA) is 39.1 Å². The van der Waals surface area contributed by atoms with Gasteiger partial charge in [0.25, 0.3) is 0 Å². The Bertz CT molecular complexity index is 128. The fraction of sp³-hybridized carbons (Fsp3) is 0.875. The lowest BCUT2D eigenvalue weighted by Crippen LogP contribution is -2.30. The molecule has 3 heteroatoms. The Morgan fingerprint density at radius 3 is 2.73 bits per heavy atom. The molecule has 0 bridgehead atoms. The normalized spacial score (nSPS) is 13.0. The largest absolute Gasteiger partial charge is 0.318 e. The molecule has 0 rings (SSSR count). The second-order valence-corrected chi connectivity index (χ2v) is 2.90. The van der Waals surface area contributed by atoms with Crippen molar-refractivity contribution in [3.05, 3.63) is 0 Å². The number of hydrogen-bond acceptors (Lipinski definition) is 3. The Kier molecular flexibility index (Phi) is 5.81. The van der Waals surface area contributed by atoms with E-state index < -0.39 is 0 Å². The molecule has 3 nitrogen and oxygen atoms in total. The minimum atomic E-state index is 0.136. The summed E-state index contributed by atoms with van der Waals surface area (Å²) in [7, 11) is 3.97. The first-order valence-electron chi connectivity index (χ1n) is 3.93. The molecule has 0 spiro atoms. The van der Waals surface area contributed by atoms with E-state index >= 15 is 0 Å². The molecule has 0 saturated carbocycles. The van der Waals surface area contributed by atoms with Crippen LogP contribution in [0.25, 0.3) is 0 Å². The molecule has 0 aliphatic carbocycles. The molecule has 0 aliphatic heterocycles. The molecule has 1 atom stereocenters. The van der Waals surface area contributed by atoms with Gasteiger partial charge in [-0.2, -0.15) is 5.26 Å². The van der Waals surface area contributed by atoms with E-state index in [4.69, 9.17) is 5.26 Å². The average molecular weight is 155 g/mol. The highest BCUT2D eigenvalue weighted by Crippen LogP contribution is 1.94. The molecule has 11 heavy (non-hydrogen) atoms. The molecule has 0 amide bonds. The number of nitriles is 1. The molecule has 0 fully saturated rings. The van der Waals surface area contributed by atoms with Gasteiger partial charge in [0.2, 0.25) is 0 Å². The standard InChI is InChI=1S/C8H17N3/c1-8(6-9)7-11(3)5-4-10-2/h8,10H,4-5,7H2,1-3H3. The molecule has 0 aliphatic rings. The van der Waals surface area contributed by atoms with Crippen molar-refractivity contribution in [2.45, 2.75) is 6.92 Å². The molecule has 1 unspecified atom stereocenters. The second kappa shape index (κ2) is 6.14. The van der Waals surface area contributed by atoms with Crippen molar-refractivity contribution in [1.82, 2.24) is 10.2 Å². The lowest BCUT2D eigenvalue weighted by atomic mass is 10.2. The SMILES string of the molecule is CNCCN(C)CC(C)C#N. The molecule has 0 radical (unpaired) electrons. The van der Waals surface area contributed by atoms with E-state index in [2.05, 4.69) is 16.3 Å². The average Bonchev–Trinajstić information content (AvgIpc) is 2.00. The van der Waals surface area contributed by atoms with Crippen molar-refractivity contribution in [3.63, 3.8) is 0 Å². The van der Waals surface area contributed by atoms with Crippen LogP contribution >= 0.6 is 0 Å². The van der Waals surface area contributed by atoms with Crippen molar-refractivity contribution in [2.75, 3.05) is 33.7 Å². The lowest BCUT2D eigenvalue weighted by molar-refractivity contribution is 0.312. The lowest BCUT2D eigenvalue weighted by Gasteiger charge is -2.16. The highest BCUT2D eigenvalue weighted by Gasteiger charge is 2.03. The van der Waals surface area contributed by atoms with E-state index in [9.17, 15) is 0 Å². The van der Waals surface area contributed by atoms with E-state index in [0.29, 0.717) is 0 Å². The van der Waals surface area contributed by atoms with Gasteiger partial charge in [-0.05, 0) is 21.0 Å². The van der Waals surface area contributed by atoms with Crippen LogP contribution in [0.15, 0.2) is 0 Å². The van der Waals surface area contributed by atoms with Crippen molar-refractivity contribution in [3.8, 4) is 6.07 Å². The summed E-state index contributed by atoms with van der Waals surface area (Å²) < 4.78 is 0. The van der Waals surface area contributed by atoms with E-state index in [-0.39, 0.29) is 5.92 Å². The van der Waals surface area contributed by atoms with E-state index in [1.165, 1.54) is 0 Å². The van der Waals surface area contributed by atoms with Crippen LogP contribution in [0.1, 0.15) is 6.92 Å². The maximum absolute atomic E-state index is 8.52. The maximum atomic E-state index is 8.52. The van der Waals surface area contributed by atoms with Gasteiger partial charge in [-0.3, -0.25) is 0 Å². The highest BCUT2D eigenvalue weighted by atomic mass is 15.1. The van der Waals surface area contributed by atoms with Gasteiger partial charge < -0.3 is 10.2 Å². The number of hydrogen-bond donors (Lipinski definition) is 1. The summed E-state index contributed by atoms with van der Waals surface area (Å²) in [6.45, 7) is 4.78. The monoisotopic (exact) mass is 155 g/mol. The van der Waals surface area contributed by atoms with Crippen LogP contribution in [0.4, 0.5) is 0 Å². The third kappa shape index (κ3) is 5.84. The van der Waals surface area contributed by atoms with Gasteiger partial charge >= 0.3 is 0 Å². The fourth-order valence-corrected chi connectivity index (χ4v) is 0.902. The first kappa shape index (κ1) is 10.4. The number of rotatable bonds is 5. The Morgan fingerprint density at radius 1 is 1.64 bits per heavy atom.